The van der Waals surface area contributed by atoms with Gasteiger partial charge in [-0.2, -0.15) is 0 Å². The van der Waals surface area contributed by atoms with Gasteiger partial charge in [-0.15, -0.1) is 0 Å². The molecule has 1 fully saturated rings. The number of rotatable bonds is 3. The van der Waals surface area contributed by atoms with E-state index in [4.69, 9.17) is 0 Å². The molecule has 22 heavy (non-hydrogen) atoms. The number of phenols is 1. The largest absolute Gasteiger partial charge is 0.507 e. The second kappa shape index (κ2) is 6.78. The van der Waals surface area contributed by atoms with Gasteiger partial charge < -0.3 is 5.11 Å². The fourth-order valence-electron chi connectivity index (χ4n) is 3.32. The Morgan fingerprint density at radius 3 is 2.50 bits per heavy atom. The molecular formula is C20H23NO. The van der Waals surface area contributed by atoms with Crippen molar-refractivity contribution in [1.82, 2.24) is 0 Å². The fourth-order valence-corrected chi connectivity index (χ4v) is 3.32. The fraction of sp³-hybridized carbons (Fsp3) is 0.350. The van der Waals surface area contributed by atoms with E-state index in [-0.39, 0.29) is 0 Å². The van der Waals surface area contributed by atoms with Gasteiger partial charge in [-0.3, -0.25) is 4.99 Å². The minimum atomic E-state index is 0.414. The number of aliphatic imine (C=N–C) groups is 1. The van der Waals surface area contributed by atoms with E-state index in [1.54, 1.807) is 6.21 Å². The van der Waals surface area contributed by atoms with Crippen LogP contribution >= 0.6 is 0 Å². The Labute approximate surface area is 132 Å². The van der Waals surface area contributed by atoms with Crippen molar-refractivity contribution in [3.8, 4) is 5.75 Å². The molecule has 2 heteroatoms. The number of benzene rings is 2. The summed E-state index contributed by atoms with van der Waals surface area (Å²) in [5.41, 5.74) is 4.02. The Balaban J connectivity index is 1.91. The highest BCUT2D eigenvalue weighted by Crippen LogP contribution is 2.38. The van der Waals surface area contributed by atoms with Crippen LogP contribution in [0.25, 0.3) is 0 Å². The quantitative estimate of drug-likeness (QED) is 0.745. The van der Waals surface area contributed by atoms with Crippen LogP contribution in [0.5, 0.6) is 5.75 Å². The zero-order valence-electron chi connectivity index (χ0n) is 13.1. The van der Waals surface area contributed by atoms with E-state index in [1.807, 2.05) is 36.4 Å². The number of phenolic OH excluding ortho intramolecular Hbond substituents is 1. The molecule has 0 aromatic heterocycles. The first kappa shape index (κ1) is 14.8. The summed E-state index contributed by atoms with van der Waals surface area (Å²) in [6, 6.07) is 14.0. The van der Waals surface area contributed by atoms with Crippen LogP contribution in [-0.2, 0) is 0 Å². The number of para-hydroxylation sites is 1. The molecule has 1 aliphatic carbocycles. The lowest BCUT2D eigenvalue weighted by atomic mass is 9.82. The third kappa shape index (κ3) is 3.38. The Morgan fingerprint density at radius 1 is 1.05 bits per heavy atom. The summed E-state index contributed by atoms with van der Waals surface area (Å²) in [5.74, 6) is 0.912. The maximum atomic E-state index is 10.7. The van der Waals surface area contributed by atoms with Crippen molar-refractivity contribution in [2.45, 2.75) is 44.9 Å². The van der Waals surface area contributed by atoms with E-state index in [1.165, 1.54) is 37.7 Å². The van der Waals surface area contributed by atoms with Crippen LogP contribution in [0.3, 0.4) is 0 Å². The summed E-state index contributed by atoms with van der Waals surface area (Å²) in [6.07, 6.45) is 8.02. The second-order valence-electron chi connectivity index (χ2n) is 6.22. The molecule has 2 aromatic rings. The van der Waals surface area contributed by atoms with Gasteiger partial charge in [0.2, 0.25) is 0 Å². The Bertz CT molecular complexity index is 655. The van der Waals surface area contributed by atoms with Crippen molar-refractivity contribution in [2.75, 3.05) is 0 Å². The molecule has 0 spiro atoms. The van der Waals surface area contributed by atoms with Crippen LogP contribution in [0.1, 0.15) is 54.7 Å². The molecule has 1 N–H and O–H groups in total. The van der Waals surface area contributed by atoms with Crippen LogP contribution in [0, 0.1) is 6.92 Å². The molecule has 1 saturated carbocycles. The van der Waals surface area contributed by atoms with E-state index in [0.29, 0.717) is 11.7 Å². The maximum absolute atomic E-state index is 10.7. The molecule has 114 valence electrons. The third-order valence-electron chi connectivity index (χ3n) is 4.47. The van der Waals surface area contributed by atoms with Crippen molar-refractivity contribution in [1.29, 1.82) is 0 Å². The first-order valence-electron chi connectivity index (χ1n) is 8.16. The topological polar surface area (TPSA) is 32.6 Å². The van der Waals surface area contributed by atoms with Gasteiger partial charge in [0.05, 0.1) is 5.69 Å². The van der Waals surface area contributed by atoms with Crippen molar-refractivity contribution < 1.29 is 5.11 Å². The first-order chi connectivity index (χ1) is 10.7. The highest BCUT2D eigenvalue weighted by atomic mass is 16.3. The molecule has 2 nitrogen and oxygen atoms in total. The molecule has 0 bridgehead atoms. The van der Waals surface area contributed by atoms with Crippen molar-refractivity contribution in [3.63, 3.8) is 0 Å². The minimum Gasteiger partial charge on any atom is -0.507 e. The molecule has 0 saturated heterocycles. The van der Waals surface area contributed by atoms with Crippen LogP contribution in [0.2, 0.25) is 0 Å². The van der Waals surface area contributed by atoms with Gasteiger partial charge in [0.25, 0.3) is 0 Å². The predicted molar refractivity (Wildman–Crippen MR) is 92.4 cm³/mol. The molecular weight excluding hydrogens is 270 g/mol. The second-order valence-corrected chi connectivity index (χ2v) is 6.22. The number of aryl methyl sites for hydroxylation is 1. The summed E-state index contributed by atoms with van der Waals surface area (Å²) in [6.45, 7) is 2.09. The highest BCUT2D eigenvalue weighted by Gasteiger charge is 2.20. The Morgan fingerprint density at radius 2 is 1.77 bits per heavy atom. The summed E-state index contributed by atoms with van der Waals surface area (Å²) in [5, 5.41) is 10.7. The van der Waals surface area contributed by atoms with Gasteiger partial charge >= 0.3 is 0 Å². The van der Waals surface area contributed by atoms with Crippen LogP contribution in [-0.4, -0.2) is 11.3 Å². The zero-order chi connectivity index (χ0) is 15.4. The summed E-state index contributed by atoms with van der Waals surface area (Å²) in [4.78, 5) is 4.48. The van der Waals surface area contributed by atoms with E-state index in [0.717, 1.165) is 16.8 Å². The monoisotopic (exact) mass is 293 g/mol. The minimum absolute atomic E-state index is 0.414. The van der Waals surface area contributed by atoms with Gasteiger partial charge in [0.15, 0.2) is 0 Å². The average Bonchev–Trinajstić information content (AvgIpc) is 2.57. The molecule has 0 heterocycles. The lowest BCUT2D eigenvalue weighted by Crippen LogP contribution is -2.06. The van der Waals surface area contributed by atoms with Gasteiger partial charge in [0, 0.05) is 11.8 Å². The number of hydrogen-bond donors (Lipinski definition) is 1. The van der Waals surface area contributed by atoms with Crippen LogP contribution < -0.4 is 0 Å². The summed E-state index contributed by atoms with van der Waals surface area (Å²) >= 11 is 0. The summed E-state index contributed by atoms with van der Waals surface area (Å²) < 4.78 is 0. The normalized spacial score (nSPS) is 16.2. The molecule has 3 rings (SSSR count). The van der Waals surface area contributed by atoms with Gasteiger partial charge in [-0.05, 0) is 55.0 Å². The van der Waals surface area contributed by atoms with Crippen LogP contribution in [0.4, 0.5) is 5.69 Å². The maximum Gasteiger partial charge on any atom is 0.127 e. The zero-order valence-corrected chi connectivity index (χ0v) is 13.1. The first-order valence-corrected chi connectivity index (χ1v) is 8.16. The lowest BCUT2D eigenvalue weighted by molar-refractivity contribution is 0.414. The van der Waals surface area contributed by atoms with Crippen LogP contribution in [0.15, 0.2) is 47.5 Å². The molecule has 0 aliphatic heterocycles. The Kier molecular flexibility index (Phi) is 4.57. The van der Waals surface area contributed by atoms with E-state index in [9.17, 15) is 5.11 Å². The predicted octanol–water partition coefficient (Wildman–Crippen LogP) is 5.50. The van der Waals surface area contributed by atoms with Gasteiger partial charge in [-0.25, -0.2) is 0 Å². The van der Waals surface area contributed by atoms with E-state index < -0.39 is 0 Å². The molecule has 2 aromatic carbocycles. The Hall–Kier alpha value is -2.09. The number of aromatic hydroxyl groups is 1. The SMILES string of the molecule is Cc1cc(C=Nc2ccccc2)c(O)c(C2CCCCC2)c1. The van der Waals surface area contributed by atoms with E-state index >= 15 is 0 Å². The third-order valence-corrected chi connectivity index (χ3v) is 4.47. The summed E-state index contributed by atoms with van der Waals surface area (Å²) in [7, 11) is 0. The molecule has 1 aliphatic rings. The van der Waals surface area contributed by atoms with Crippen molar-refractivity contribution >= 4 is 11.9 Å². The molecule has 0 unspecified atom stereocenters. The number of hydrogen-bond acceptors (Lipinski definition) is 2. The van der Waals surface area contributed by atoms with E-state index in [2.05, 4.69) is 18.0 Å². The van der Waals surface area contributed by atoms with Crippen molar-refractivity contribution in [3.05, 3.63) is 59.2 Å². The standard InChI is InChI=1S/C20H23NO/c1-15-12-17(14-21-18-10-6-3-7-11-18)20(22)19(13-15)16-8-4-2-5-9-16/h3,6-7,10-14,16,22H,2,4-5,8-9H2,1H3. The smallest absolute Gasteiger partial charge is 0.127 e. The van der Waals surface area contributed by atoms with Crippen molar-refractivity contribution in [2.24, 2.45) is 4.99 Å². The number of nitrogens with zero attached hydrogens (tertiary/aromatic N) is 1. The molecule has 0 amide bonds. The molecule has 0 atom stereocenters. The molecule has 0 radical (unpaired) electrons. The average molecular weight is 293 g/mol. The van der Waals surface area contributed by atoms with Gasteiger partial charge in [-0.1, -0.05) is 43.5 Å². The highest BCUT2D eigenvalue weighted by molar-refractivity contribution is 5.86. The lowest BCUT2D eigenvalue weighted by Gasteiger charge is -2.23. The van der Waals surface area contributed by atoms with Gasteiger partial charge in [0.1, 0.15) is 5.75 Å².